The van der Waals surface area contributed by atoms with Gasteiger partial charge in [0.25, 0.3) is 0 Å². The molecule has 3 N–H and O–H groups in total. The highest BCUT2D eigenvalue weighted by atomic mass is 16.5. The summed E-state index contributed by atoms with van der Waals surface area (Å²) in [5.41, 5.74) is 3.99. The molecule has 1 fully saturated rings. The summed E-state index contributed by atoms with van der Waals surface area (Å²) >= 11 is 0. The van der Waals surface area contributed by atoms with Crippen LogP contribution in [0.25, 0.3) is 0 Å². The number of nitrogens with two attached hydrogens (primary N) is 1. The molecule has 1 heterocycles. The molecular weight excluding hydrogens is 254 g/mol. The van der Waals surface area contributed by atoms with E-state index in [2.05, 4.69) is 23.3 Å². The standard InChI is InChI=1S/C15H25N3O2/c1-3-7-18-8-9-20-14(11-18)15(17-16)12-5-4-6-13(10-12)19-2/h4-6,10,14-15,17H,3,7-9,11,16H2,1-2H3. The van der Waals surface area contributed by atoms with E-state index >= 15 is 0 Å². The average Bonchev–Trinajstić information content (AvgIpc) is 2.49. The molecule has 0 aromatic heterocycles. The summed E-state index contributed by atoms with van der Waals surface area (Å²) in [6.45, 7) is 5.97. The molecule has 0 radical (unpaired) electrons. The maximum Gasteiger partial charge on any atom is 0.119 e. The molecule has 1 aromatic rings. The van der Waals surface area contributed by atoms with Gasteiger partial charge in [-0.2, -0.15) is 0 Å². The third kappa shape index (κ3) is 3.70. The Bertz CT molecular complexity index is 412. The first kappa shape index (κ1) is 15.3. The quantitative estimate of drug-likeness (QED) is 0.607. The Labute approximate surface area is 121 Å². The van der Waals surface area contributed by atoms with Crippen molar-refractivity contribution in [3.05, 3.63) is 29.8 Å². The molecule has 0 spiro atoms. The van der Waals surface area contributed by atoms with Gasteiger partial charge in [-0.3, -0.25) is 16.2 Å². The molecule has 0 amide bonds. The second-order valence-corrected chi connectivity index (χ2v) is 5.13. The number of nitrogens with zero attached hydrogens (tertiary/aromatic N) is 1. The van der Waals surface area contributed by atoms with Crippen LogP contribution >= 0.6 is 0 Å². The van der Waals surface area contributed by atoms with Crippen molar-refractivity contribution < 1.29 is 9.47 Å². The number of benzene rings is 1. The maximum absolute atomic E-state index is 5.91. The largest absolute Gasteiger partial charge is 0.497 e. The molecule has 5 heteroatoms. The summed E-state index contributed by atoms with van der Waals surface area (Å²) in [7, 11) is 1.67. The molecule has 20 heavy (non-hydrogen) atoms. The van der Waals surface area contributed by atoms with Crippen LogP contribution in [0.15, 0.2) is 24.3 Å². The Morgan fingerprint density at radius 1 is 1.55 bits per heavy atom. The first-order valence-electron chi connectivity index (χ1n) is 7.22. The first-order chi connectivity index (χ1) is 9.78. The number of hydrogen-bond acceptors (Lipinski definition) is 5. The van der Waals surface area contributed by atoms with Crippen molar-refractivity contribution in [1.29, 1.82) is 0 Å². The zero-order valence-corrected chi connectivity index (χ0v) is 12.3. The van der Waals surface area contributed by atoms with E-state index in [9.17, 15) is 0 Å². The van der Waals surface area contributed by atoms with Crippen molar-refractivity contribution in [3.63, 3.8) is 0 Å². The van der Waals surface area contributed by atoms with Crippen molar-refractivity contribution in [2.24, 2.45) is 5.84 Å². The van der Waals surface area contributed by atoms with Crippen LogP contribution in [0.1, 0.15) is 24.9 Å². The van der Waals surface area contributed by atoms with Crippen LogP contribution in [0.2, 0.25) is 0 Å². The zero-order valence-electron chi connectivity index (χ0n) is 12.3. The van der Waals surface area contributed by atoms with Gasteiger partial charge in [-0.15, -0.1) is 0 Å². The van der Waals surface area contributed by atoms with Gasteiger partial charge in [-0.25, -0.2) is 0 Å². The van der Waals surface area contributed by atoms with E-state index in [0.29, 0.717) is 0 Å². The molecular formula is C15H25N3O2. The van der Waals surface area contributed by atoms with Crippen molar-refractivity contribution in [3.8, 4) is 5.75 Å². The zero-order chi connectivity index (χ0) is 14.4. The van der Waals surface area contributed by atoms with Gasteiger partial charge in [-0.05, 0) is 30.7 Å². The molecule has 1 saturated heterocycles. The third-order valence-electron chi connectivity index (χ3n) is 3.72. The summed E-state index contributed by atoms with van der Waals surface area (Å²) in [6, 6.07) is 7.94. The Kier molecular flexibility index (Phi) is 5.79. The molecule has 2 rings (SSSR count). The van der Waals surface area contributed by atoms with Gasteiger partial charge in [0.2, 0.25) is 0 Å². The Balaban J connectivity index is 2.10. The summed E-state index contributed by atoms with van der Waals surface area (Å²) in [5.74, 6) is 6.59. The highest BCUT2D eigenvalue weighted by molar-refractivity contribution is 5.31. The molecule has 112 valence electrons. The molecule has 0 saturated carbocycles. The minimum absolute atomic E-state index is 0.0234. The highest BCUT2D eigenvalue weighted by Crippen LogP contribution is 2.25. The van der Waals surface area contributed by atoms with Crippen molar-refractivity contribution in [1.82, 2.24) is 10.3 Å². The van der Waals surface area contributed by atoms with Crippen LogP contribution in [0.4, 0.5) is 0 Å². The normalized spacial score (nSPS) is 21.6. The van der Waals surface area contributed by atoms with E-state index < -0.39 is 0 Å². The smallest absolute Gasteiger partial charge is 0.119 e. The van der Waals surface area contributed by atoms with Crippen LogP contribution in [0.3, 0.4) is 0 Å². The predicted octanol–water partition coefficient (Wildman–Crippen LogP) is 1.31. The monoisotopic (exact) mass is 279 g/mol. The first-order valence-corrected chi connectivity index (χ1v) is 7.22. The lowest BCUT2D eigenvalue weighted by Gasteiger charge is -2.36. The van der Waals surface area contributed by atoms with Gasteiger partial charge in [0, 0.05) is 13.1 Å². The number of hydrogen-bond donors (Lipinski definition) is 2. The lowest BCUT2D eigenvalue weighted by Crippen LogP contribution is -2.49. The number of ether oxygens (including phenoxy) is 2. The van der Waals surface area contributed by atoms with Crippen LogP contribution < -0.4 is 16.0 Å². The predicted molar refractivity (Wildman–Crippen MR) is 79.5 cm³/mol. The van der Waals surface area contributed by atoms with E-state index in [1.54, 1.807) is 7.11 Å². The van der Waals surface area contributed by atoms with E-state index in [1.165, 1.54) is 0 Å². The van der Waals surface area contributed by atoms with Gasteiger partial charge in [0.15, 0.2) is 0 Å². The lowest BCUT2D eigenvalue weighted by atomic mass is 10.00. The second-order valence-electron chi connectivity index (χ2n) is 5.13. The second kappa shape index (κ2) is 7.59. The summed E-state index contributed by atoms with van der Waals surface area (Å²) in [5, 5.41) is 0. The lowest BCUT2D eigenvalue weighted by molar-refractivity contribution is -0.0471. The summed E-state index contributed by atoms with van der Waals surface area (Å²) in [4.78, 5) is 2.43. The van der Waals surface area contributed by atoms with Crippen LogP contribution in [0, 0.1) is 0 Å². The minimum atomic E-state index is -0.0234. The fraction of sp³-hybridized carbons (Fsp3) is 0.600. The molecule has 0 aliphatic carbocycles. The van der Waals surface area contributed by atoms with Gasteiger partial charge >= 0.3 is 0 Å². The number of morpholine rings is 1. The SMILES string of the molecule is CCCN1CCOC(C(NN)c2cccc(OC)c2)C1. The maximum atomic E-state index is 5.91. The topological polar surface area (TPSA) is 59.8 Å². The third-order valence-corrected chi connectivity index (χ3v) is 3.72. The van der Waals surface area contributed by atoms with Crippen LogP contribution in [-0.2, 0) is 4.74 Å². The van der Waals surface area contributed by atoms with Crippen molar-refractivity contribution in [2.45, 2.75) is 25.5 Å². The van der Waals surface area contributed by atoms with Gasteiger partial charge in [-0.1, -0.05) is 19.1 Å². The fourth-order valence-corrected chi connectivity index (χ4v) is 2.71. The summed E-state index contributed by atoms with van der Waals surface area (Å²) in [6.07, 6.45) is 1.22. The van der Waals surface area contributed by atoms with Gasteiger partial charge in [0.1, 0.15) is 5.75 Å². The molecule has 1 aromatic carbocycles. The minimum Gasteiger partial charge on any atom is -0.497 e. The highest BCUT2D eigenvalue weighted by Gasteiger charge is 2.28. The van der Waals surface area contributed by atoms with Crippen molar-refractivity contribution in [2.75, 3.05) is 33.4 Å². The fourth-order valence-electron chi connectivity index (χ4n) is 2.71. The van der Waals surface area contributed by atoms with Crippen molar-refractivity contribution >= 4 is 0 Å². The summed E-state index contributed by atoms with van der Waals surface area (Å²) < 4.78 is 11.2. The Hall–Kier alpha value is -1.14. The number of rotatable bonds is 6. The van der Waals surface area contributed by atoms with Crippen LogP contribution in [-0.4, -0.2) is 44.4 Å². The van der Waals surface area contributed by atoms with Gasteiger partial charge in [0.05, 0.1) is 25.9 Å². The molecule has 1 aliphatic rings. The average molecular weight is 279 g/mol. The number of nitrogens with one attached hydrogen (secondary N) is 1. The van der Waals surface area contributed by atoms with Crippen LogP contribution in [0.5, 0.6) is 5.75 Å². The van der Waals surface area contributed by atoms with E-state index in [-0.39, 0.29) is 12.1 Å². The number of hydrazine groups is 1. The molecule has 5 nitrogen and oxygen atoms in total. The molecule has 2 atom stereocenters. The van der Waals surface area contributed by atoms with E-state index in [0.717, 1.165) is 44.0 Å². The van der Waals surface area contributed by atoms with E-state index in [1.807, 2.05) is 18.2 Å². The Morgan fingerprint density at radius 3 is 3.10 bits per heavy atom. The van der Waals surface area contributed by atoms with E-state index in [4.69, 9.17) is 15.3 Å². The van der Waals surface area contributed by atoms with Gasteiger partial charge < -0.3 is 9.47 Å². The Morgan fingerprint density at radius 2 is 2.40 bits per heavy atom. The molecule has 2 unspecified atom stereocenters. The molecule has 1 aliphatic heterocycles. The number of methoxy groups -OCH3 is 1. The molecule has 0 bridgehead atoms.